The number of hydrogen-bond donors (Lipinski definition) is 2. The number of hydrogen-bond acceptors (Lipinski definition) is 6. The van der Waals surface area contributed by atoms with E-state index in [1.54, 1.807) is 29.3 Å². The number of imidazole rings is 1. The molecule has 0 bridgehead atoms. The number of carbonyl (C=O) groups is 1. The maximum Gasteiger partial charge on any atom is 0.274 e. The van der Waals surface area contributed by atoms with Crippen LogP contribution in [-0.4, -0.2) is 58.4 Å². The van der Waals surface area contributed by atoms with Crippen molar-refractivity contribution in [2.75, 3.05) is 37.9 Å². The van der Waals surface area contributed by atoms with E-state index in [1.807, 2.05) is 4.40 Å². The Balaban J connectivity index is 0.00000280. The predicted molar refractivity (Wildman–Crippen MR) is 138 cm³/mol. The molecule has 2 aromatic carbocycles. The summed E-state index contributed by atoms with van der Waals surface area (Å²) in [4.78, 5) is 35.7. The summed E-state index contributed by atoms with van der Waals surface area (Å²) in [5, 5.41) is 9.40. The molecule has 0 unspecified atom stereocenters. The monoisotopic (exact) mass is 528 g/mol. The lowest BCUT2D eigenvalue weighted by Crippen LogP contribution is -2.29. The van der Waals surface area contributed by atoms with E-state index in [1.165, 1.54) is 12.1 Å². The second-order valence-corrected chi connectivity index (χ2v) is 9.10. The van der Waals surface area contributed by atoms with Crippen molar-refractivity contribution in [3.8, 4) is 5.75 Å². The Bertz CT molecular complexity index is 1550. The molecule has 11 heteroatoms. The van der Waals surface area contributed by atoms with E-state index in [4.69, 9.17) is 9.47 Å². The Kier molecular flexibility index (Phi) is 6.89. The van der Waals surface area contributed by atoms with Gasteiger partial charge >= 0.3 is 0 Å². The molecule has 6 rings (SSSR count). The van der Waals surface area contributed by atoms with Crippen molar-refractivity contribution in [2.24, 2.45) is 0 Å². The van der Waals surface area contributed by atoms with Crippen molar-refractivity contribution in [3.63, 3.8) is 0 Å². The van der Waals surface area contributed by atoms with E-state index >= 15 is 0 Å². The number of benzene rings is 2. The summed E-state index contributed by atoms with van der Waals surface area (Å²) in [6.07, 6.45) is 3.70. The summed E-state index contributed by atoms with van der Waals surface area (Å²) in [6, 6.07) is 7.70. The molecule has 4 aromatic rings. The van der Waals surface area contributed by atoms with Crippen LogP contribution in [0.15, 0.2) is 41.3 Å². The van der Waals surface area contributed by atoms with Gasteiger partial charge < -0.3 is 24.5 Å². The molecule has 2 aliphatic rings. The fourth-order valence-electron chi connectivity index (χ4n) is 5.23. The number of halogens is 2. The van der Waals surface area contributed by atoms with Crippen LogP contribution in [0, 0.1) is 5.82 Å². The van der Waals surface area contributed by atoms with Gasteiger partial charge in [-0.15, -0.1) is 12.4 Å². The second-order valence-electron chi connectivity index (χ2n) is 9.10. The molecule has 1 fully saturated rings. The van der Waals surface area contributed by atoms with Gasteiger partial charge in [0, 0.05) is 37.4 Å². The van der Waals surface area contributed by atoms with Crippen molar-refractivity contribution in [1.82, 2.24) is 14.4 Å². The number of aliphatic hydroxyl groups excluding tert-OH is 1. The number of rotatable bonds is 5. The van der Waals surface area contributed by atoms with Gasteiger partial charge in [0.25, 0.3) is 11.5 Å². The van der Waals surface area contributed by atoms with Crippen LogP contribution in [0.3, 0.4) is 0 Å². The number of amides is 1. The number of aromatic nitrogens is 3. The molecule has 1 amide bonds. The second kappa shape index (κ2) is 10.1. The molecule has 4 heterocycles. The zero-order valence-electron chi connectivity index (χ0n) is 19.9. The minimum atomic E-state index is -0.344. The van der Waals surface area contributed by atoms with E-state index in [0.717, 1.165) is 24.2 Å². The number of aliphatic hydroxyl groups is 1. The zero-order valence-corrected chi connectivity index (χ0v) is 20.7. The summed E-state index contributed by atoms with van der Waals surface area (Å²) < 4.78 is 26.8. The number of H-pyrrole nitrogens is 1. The van der Waals surface area contributed by atoms with E-state index < -0.39 is 0 Å². The first-order valence-corrected chi connectivity index (χ1v) is 12.0. The maximum atomic E-state index is 13.7. The van der Waals surface area contributed by atoms with Gasteiger partial charge in [-0.25, -0.2) is 9.37 Å². The Hall–Kier alpha value is -3.47. The first kappa shape index (κ1) is 25.2. The molecule has 2 aromatic heterocycles. The fourth-order valence-corrected chi connectivity index (χ4v) is 5.23. The van der Waals surface area contributed by atoms with Gasteiger partial charge in [0.1, 0.15) is 29.5 Å². The third kappa shape index (κ3) is 4.35. The van der Waals surface area contributed by atoms with Crippen LogP contribution < -0.4 is 15.2 Å². The van der Waals surface area contributed by atoms with Crippen LogP contribution in [0.1, 0.15) is 40.5 Å². The average molecular weight is 529 g/mol. The fraction of sp³-hybridized carbons (Fsp3) is 0.346. The first-order chi connectivity index (χ1) is 17.5. The number of ether oxygens (including phenoxy) is 2. The topological polar surface area (TPSA) is 109 Å². The molecule has 194 valence electrons. The minimum absolute atomic E-state index is 0. The predicted octanol–water partition coefficient (Wildman–Crippen LogP) is 3.20. The number of nitrogens with one attached hydrogen (secondary N) is 1. The molecule has 0 spiro atoms. The van der Waals surface area contributed by atoms with Crippen molar-refractivity contribution in [3.05, 3.63) is 69.7 Å². The molecule has 0 saturated carbocycles. The molecular formula is C26H26ClFN4O5. The van der Waals surface area contributed by atoms with Crippen LogP contribution >= 0.6 is 12.4 Å². The number of carbonyl (C=O) groups excluding carboxylic acids is 1. The molecule has 2 aliphatic heterocycles. The standard InChI is InChI=1S/C26H25FN4O5.ClH/c27-17-1-2-20-16(11-17)3-6-30(20)26(34)18-12-19-21(13-23(18)36-10-7-32)31-22(25(33)29-19)14-28-24(31)15-4-8-35-9-5-15;/h1-2,11-15,32H,3-10H2,(H,29,33);1H. The normalized spacial score (nSPS) is 15.7. The van der Waals surface area contributed by atoms with Crippen LogP contribution in [-0.2, 0) is 11.2 Å². The van der Waals surface area contributed by atoms with Gasteiger partial charge in [0.05, 0.1) is 29.4 Å². The number of anilines is 1. The molecule has 0 atom stereocenters. The Morgan fingerprint density at radius 1 is 1.22 bits per heavy atom. The van der Waals surface area contributed by atoms with E-state index in [9.17, 15) is 19.1 Å². The minimum Gasteiger partial charge on any atom is -0.490 e. The summed E-state index contributed by atoms with van der Waals surface area (Å²) in [5.74, 6) is 0.523. The van der Waals surface area contributed by atoms with Crippen molar-refractivity contribution >= 4 is 40.6 Å². The highest BCUT2D eigenvalue weighted by atomic mass is 35.5. The van der Waals surface area contributed by atoms with E-state index in [-0.39, 0.29) is 60.1 Å². The van der Waals surface area contributed by atoms with Crippen molar-refractivity contribution in [1.29, 1.82) is 0 Å². The van der Waals surface area contributed by atoms with Crippen LogP contribution in [0.2, 0.25) is 0 Å². The maximum absolute atomic E-state index is 13.7. The van der Waals surface area contributed by atoms with Gasteiger partial charge in [-0.2, -0.15) is 0 Å². The Labute approximate surface area is 217 Å². The molecule has 0 aliphatic carbocycles. The van der Waals surface area contributed by atoms with Crippen LogP contribution in [0.25, 0.3) is 16.6 Å². The number of aromatic amines is 1. The van der Waals surface area contributed by atoms with Gasteiger partial charge in [-0.05, 0) is 49.1 Å². The highest BCUT2D eigenvalue weighted by Gasteiger charge is 2.29. The molecule has 0 radical (unpaired) electrons. The van der Waals surface area contributed by atoms with Gasteiger partial charge in [-0.1, -0.05) is 0 Å². The van der Waals surface area contributed by atoms with Gasteiger partial charge in [0.15, 0.2) is 0 Å². The lowest BCUT2D eigenvalue weighted by molar-refractivity contribution is 0.0835. The molecular weight excluding hydrogens is 503 g/mol. The van der Waals surface area contributed by atoms with Gasteiger partial charge in [-0.3, -0.25) is 14.0 Å². The van der Waals surface area contributed by atoms with Crippen molar-refractivity contribution < 1.29 is 23.8 Å². The van der Waals surface area contributed by atoms with Crippen LogP contribution in [0.5, 0.6) is 5.75 Å². The summed E-state index contributed by atoms with van der Waals surface area (Å²) in [5.41, 5.74) is 2.88. The Morgan fingerprint density at radius 2 is 2.03 bits per heavy atom. The van der Waals surface area contributed by atoms with Crippen molar-refractivity contribution in [2.45, 2.75) is 25.2 Å². The van der Waals surface area contributed by atoms with Gasteiger partial charge in [0.2, 0.25) is 0 Å². The van der Waals surface area contributed by atoms with E-state index in [2.05, 4.69) is 9.97 Å². The SMILES string of the molecule is Cl.O=C(c1cc2[nH]c(=O)c3cnc(C4CCOCC4)n3c2cc1OCCO)N1CCc2cc(F)ccc21. The molecule has 1 saturated heterocycles. The molecule has 37 heavy (non-hydrogen) atoms. The molecule has 9 nitrogen and oxygen atoms in total. The van der Waals surface area contributed by atoms with Crippen LogP contribution in [0.4, 0.5) is 10.1 Å². The highest BCUT2D eigenvalue weighted by Crippen LogP contribution is 2.34. The highest BCUT2D eigenvalue weighted by molar-refractivity contribution is 6.10. The summed E-state index contributed by atoms with van der Waals surface area (Å²) >= 11 is 0. The largest absolute Gasteiger partial charge is 0.490 e. The average Bonchev–Trinajstić information content (AvgIpc) is 3.52. The zero-order chi connectivity index (χ0) is 24.8. The third-order valence-corrected chi connectivity index (χ3v) is 6.96. The van der Waals surface area contributed by atoms with E-state index in [0.29, 0.717) is 48.4 Å². The smallest absolute Gasteiger partial charge is 0.274 e. The summed E-state index contributed by atoms with van der Waals surface area (Å²) in [6.45, 7) is 1.44. The lowest BCUT2D eigenvalue weighted by Gasteiger charge is -2.22. The first-order valence-electron chi connectivity index (χ1n) is 12.0. The molecule has 2 N–H and O–H groups in total. The quantitative estimate of drug-likeness (QED) is 0.412. The lowest BCUT2D eigenvalue weighted by atomic mass is 9.99. The number of fused-ring (bicyclic) bond motifs is 4. The third-order valence-electron chi connectivity index (χ3n) is 6.96. The summed E-state index contributed by atoms with van der Waals surface area (Å²) in [7, 11) is 0. The Morgan fingerprint density at radius 3 is 2.81 bits per heavy atom. The number of nitrogens with zero attached hydrogens (tertiary/aromatic N) is 3.